The van der Waals surface area contributed by atoms with Crippen molar-refractivity contribution in [2.75, 3.05) is 6.54 Å². The molecule has 0 amide bonds. The number of aromatic nitrogens is 2. The summed E-state index contributed by atoms with van der Waals surface area (Å²) in [5.74, 6) is 0. The van der Waals surface area contributed by atoms with Crippen LogP contribution in [0.2, 0.25) is 5.02 Å². The molecule has 0 aliphatic carbocycles. The van der Waals surface area contributed by atoms with E-state index in [2.05, 4.69) is 18.9 Å². The Morgan fingerprint density at radius 2 is 2.19 bits per heavy atom. The number of halogens is 1. The normalized spacial score (nSPS) is 11.6. The van der Waals surface area contributed by atoms with Crippen LogP contribution in [0.1, 0.15) is 25.6 Å². The van der Waals surface area contributed by atoms with Gasteiger partial charge in [0.05, 0.1) is 10.5 Å². The summed E-state index contributed by atoms with van der Waals surface area (Å²) in [7, 11) is 0. The monoisotopic (exact) mass is 237 g/mol. The van der Waals surface area contributed by atoms with Crippen molar-refractivity contribution in [2.45, 2.75) is 26.3 Å². The predicted octanol–water partition coefficient (Wildman–Crippen LogP) is 2.77. The van der Waals surface area contributed by atoms with Crippen LogP contribution in [0.3, 0.4) is 0 Å². The first-order valence-corrected chi connectivity index (χ1v) is 5.88. The Hall–Kier alpha value is -1.06. The quantitative estimate of drug-likeness (QED) is 0.892. The fourth-order valence-corrected chi connectivity index (χ4v) is 2.25. The summed E-state index contributed by atoms with van der Waals surface area (Å²) >= 11 is 6.22. The number of rotatable bonds is 3. The third-order valence-corrected chi connectivity index (χ3v) is 2.96. The van der Waals surface area contributed by atoms with E-state index in [1.165, 1.54) is 0 Å². The van der Waals surface area contributed by atoms with Crippen LogP contribution in [0, 0.1) is 0 Å². The maximum atomic E-state index is 6.22. The van der Waals surface area contributed by atoms with E-state index in [4.69, 9.17) is 17.3 Å². The predicted molar refractivity (Wildman–Crippen MR) is 67.9 cm³/mol. The van der Waals surface area contributed by atoms with Crippen molar-refractivity contribution < 1.29 is 0 Å². The van der Waals surface area contributed by atoms with Crippen molar-refractivity contribution in [3.05, 3.63) is 28.9 Å². The van der Waals surface area contributed by atoms with E-state index < -0.39 is 0 Å². The zero-order valence-electron chi connectivity index (χ0n) is 9.57. The highest BCUT2D eigenvalue weighted by molar-refractivity contribution is 6.35. The molecule has 2 rings (SSSR count). The molecule has 0 saturated carbocycles. The van der Waals surface area contributed by atoms with E-state index in [9.17, 15) is 0 Å². The second-order valence-corrected chi connectivity index (χ2v) is 4.56. The zero-order valence-corrected chi connectivity index (χ0v) is 10.3. The molecule has 1 aromatic heterocycles. The van der Waals surface area contributed by atoms with E-state index in [1.807, 2.05) is 22.9 Å². The van der Waals surface area contributed by atoms with Gasteiger partial charge in [-0.1, -0.05) is 17.7 Å². The van der Waals surface area contributed by atoms with Crippen molar-refractivity contribution in [1.29, 1.82) is 0 Å². The van der Waals surface area contributed by atoms with Crippen LogP contribution in [0.4, 0.5) is 0 Å². The highest BCUT2D eigenvalue weighted by atomic mass is 35.5. The van der Waals surface area contributed by atoms with Gasteiger partial charge in [-0.2, -0.15) is 5.10 Å². The Kier molecular flexibility index (Phi) is 3.17. The van der Waals surface area contributed by atoms with E-state index in [1.54, 1.807) is 0 Å². The minimum Gasteiger partial charge on any atom is -0.330 e. The van der Waals surface area contributed by atoms with Crippen molar-refractivity contribution in [3.8, 4) is 0 Å². The van der Waals surface area contributed by atoms with Crippen molar-refractivity contribution in [3.63, 3.8) is 0 Å². The second-order valence-electron chi connectivity index (χ2n) is 4.16. The third-order valence-electron chi connectivity index (χ3n) is 2.64. The van der Waals surface area contributed by atoms with Crippen LogP contribution in [-0.4, -0.2) is 16.3 Å². The number of fused-ring (bicyclic) bond motifs is 1. The second kappa shape index (κ2) is 4.44. The molecule has 1 heterocycles. The highest BCUT2D eigenvalue weighted by Crippen LogP contribution is 2.28. The summed E-state index contributed by atoms with van der Waals surface area (Å²) in [5.41, 5.74) is 7.73. The molecule has 0 aliphatic heterocycles. The maximum absolute atomic E-state index is 6.22. The lowest BCUT2D eigenvalue weighted by atomic mass is 10.1. The molecular weight excluding hydrogens is 222 g/mol. The summed E-state index contributed by atoms with van der Waals surface area (Å²) in [6.45, 7) is 4.83. The lowest BCUT2D eigenvalue weighted by Crippen LogP contribution is -2.12. The van der Waals surface area contributed by atoms with Gasteiger partial charge in [0.2, 0.25) is 0 Å². The molecule has 86 valence electrons. The standard InChI is InChI=1S/C12H16ClN3/c1-8(2)16-11(6-7-14)12-9(13)4-3-5-10(12)15-16/h3-5,8H,6-7,14H2,1-2H3. The van der Waals surface area contributed by atoms with Crippen LogP contribution in [0.5, 0.6) is 0 Å². The Labute approximate surface area is 100 Å². The molecule has 4 heteroatoms. The molecule has 0 radical (unpaired) electrons. The molecule has 0 aliphatic rings. The van der Waals surface area contributed by atoms with Crippen molar-refractivity contribution >= 4 is 22.5 Å². The average molecular weight is 238 g/mol. The number of nitrogens with two attached hydrogens (primary N) is 1. The van der Waals surface area contributed by atoms with Crippen molar-refractivity contribution in [1.82, 2.24) is 9.78 Å². The lowest BCUT2D eigenvalue weighted by Gasteiger charge is -2.10. The van der Waals surface area contributed by atoms with Crippen LogP contribution in [0.25, 0.3) is 10.9 Å². The van der Waals surface area contributed by atoms with Gasteiger partial charge in [0, 0.05) is 23.5 Å². The van der Waals surface area contributed by atoms with Gasteiger partial charge in [-0.15, -0.1) is 0 Å². The Bertz CT molecular complexity index is 502. The molecular formula is C12H16ClN3. The number of hydrogen-bond donors (Lipinski definition) is 1. The number of benzene rings is 1. The summed E-state index contributed by atoms with van der Waals surface area (Å²) in [5, 5.41) is 6.37. The minimum atomic E-state index is 0.324. The highest BCUT2D eigenvalue weighted by Gasteiger charge is 2.14. The fourth-order valence-electron chi connectivity index (χ4n) is 1.98. The first kappa shape index (κ1) is 11.4. The van der Waals surface area contributed by atoms with Gasteiger partial charge in [0.25, 0.3) is 0 Å². The lowest BCUT2D eigenvalue weighted by molar-refractivity contribution is 0.514. The zero-order chi connectivity index (χ0) is 11.7. The molecule has 0 atom stereocenters. The average Bonchev–Trinajstić information content (AvgIpc) is 2.59. The van der Waals surface area contributed by atoms with Crippen molar-refractivity contribution in [2.24, 2.45) is 5.73 Å². The molecule has 3 nitrogen and oxygen atoms in total. The van der Waals surface area contributed by atoms with Gasteiger partial charge in [-0.3, -0.25) is 4.68 Å². The number of nitrogens with zero attached hydrogens (tertiary/aromatic N) is 2. The summed E-state index contributed by atoms with van der Waals surface area (Å²) in [6.07, 6.45) is 0.804. The molecule has 0 spiro atoms. The first-order valence-electron chi connectivity index (χ1n) is 5.50. The smallest absolute Gasteiger partial charge is 0.0941 e. The van der Waals surface area contributed by atoms with Crippen LogP contribution in [0.15, 0.2) is 18.2 Å². The summed E-state index contributed by atoms with van der Waals surface area (Å²) in [4.78, 5) is 0. The minimum absolute atomic E-state index is 0.324. The molecule has 0 fully saturated rings. The van der Waals surface area contributed by atoms with Gasteiger partial charge in [-0.05, 0) is 32.5 Å². The third kappa shape index (κ3) is 1.81. The Morgan fingerprint density at radius 1 is 1.44 bits per heavy atom. The largest absolute Gasteiger partial charge is 0.330 e. The summed E-state index contributed by atoms with van der Waals surface area (Å²) < 4.78 is 2.02. The first-order chi connectivity index (χ1) is 7.65. The van der Waals surface area contributed by atoms with E-state index >= 15 is 0 Å². The molecule has 16 heavy (non-hydrogen) atoms. The van der Waals surface area contributed by atoms with Crippen LogP contribution in [-0.2, 0) is 6.42 Å². The van der Waals surface area contributed by atoms with E-state index in [-0.39, 0.29) is 0 Å². The molecule has 2 N–H and O–H groups in total. The van der Waals surface area contributed by atoms with E-state index in [0.717, 1.165) is 28.0 Å². The van der Waals surface area contributed by atoms with Gasteiger partial charge >= 0.3 is 0 Å². The molecule has 1 aromatic carbocycles. The topological polar surface area (TPSA) is 43.8 Å². The fraction of sp³-hybridized carbons (Fsp3) is 0.417. The molecule has 0 saturated heterocycles. The van der Waals surface area contributed by atoms with Gasteiger partial charge in [-0.25, -0.2) is 0 Å². The Morgan fingerprint density at radius 3 is 2.81 bits per heavy atom. The Balaban J connectivity index is 2.72. The van der Waals surface area contributed by atoms with Crippen LogP contribution < -0.4 is 5.73 Å². The number of hydrogen-bond acceptors (Lipinski definition) is 2. The van der Waals surface area contributed by atoms with Gasteiger partial charge < -0.3 is 5.73 Å². The molecule has 0 bridgehead atoms. The van der Waals surface area contributed by atoms with E-state index in [0.29, 0.717) is 12.6 Å². The SMILES string of the molecule is CC(C)n1nc2cccc(Cl)c2c1CCN. The molecule has 0 unspecified atom stereocenters. The maximum Gasteiger partial charge on any atom is 0.0941 e. The van der Waals surface area contributed by atoms with Gasteiger partial charge in [0.1, 0.15) is 0 Å². The summed E-state index contributed by atoms with van der Waals surface area (Å²) in [6, 6.07) is 6.13. The molecule has 2 aromatic rings. The van der Waals surface area contributed by atoms with Crippen LogP contribution >= 0.6 is 11.6 Å². The van der Waals surface area contributed by atoms with Gasteiger partial charge in [0.15, 0.2) is 0 Å².